The molecule has 1 aromatic heterocycles. The summed E-state index contributed by atoms with van der Waals surface area (Å²) in [6.45, 7) is 0. The van der Waals surface area contributed by atoms with E-state index in [-0.39, 0.29) is 11.3 Å². The molecular weight excluding hydrogens is 258 g/mol. The first-order valence-corrected chi connectivity index (χ1v) is 5.40. The van der Waals surface area contributed by atoms with Crippen LogP contribution in [0.1, 0.15) is 10.5 Å². The fraction of sp³-hybridized carbons (Fsp3) is 0.0909. The fourth-order valence-electron chi connectivity index (χ4n) is 1.40. The average Bonchev–Trinajstić information content (AvgIpc) is 2.76. The Hall–Kier alpha value is -2.21. The number of hydrogen-bond acceptors (Lipinski definition) is 3. The van der Waals surface area contributed by atoms with E-state index in [1.165, 1.54) is 13.2 Å². The topological polar surface area (TPSA) is 87.0 Å². The summed E-state index contributed by atoms with van der Waals surface area (Å²) < 4.78 is 5.00. The highest BCUT2D eigenvalue weighted by Gasteiger charge is 2.09. The summed E-state index contributed by atoms with van der Waals surface area (Å²) in [5.41, 5.74) is 0.285. The zero-order valence-corrected chi connectivity index (χ0v) is 10.2. The molecule has 1 amide bonds. The van der Waals surface area contributed by atoms with Crippen LogP contribution < -0.4 is 15.6 Å². The van der Waals surface area contributed by atoms with E-state index >= 15 is 0 Å². The number of carbonyl (C=O) groups is 1. The highest BCUT2D eigenvalue weighted by Crippen LogP contribution is 2.27. The summed E-state index contributed by atoms with van der Waals surface area (Å²) in [5, 5.41) is 7.71. The summed E-state index contributed by atoms with van der Waals surface area (Å²) >= 11 is 5.92. The van der Waals surface area contributed by atoms with Crippen LogP contribution in [0.2, 0.25) is 5.02 Å². The number of aromatic amines is 2. The Bertz CT molecular complexity index is 632. The summed E-state index contributed by atoms with van der Waals surface area (Å²) in [5.74, 6) is 0.0827. The SMILES string of the molecule is COc1ccc(NC(=O)c2cc(=O)[nH][nH]2)cc1Cl. The van der Waals surface area contributed by atoms with E-state index in [0.717, 1.165) is 0 Å². The van der Waals surface area contributed by atoms with Crippen molar-refractivity contribution in [1.82, 2.24) is 10.2 Å². The summed E-state index contributed by atoms with van der Waals surface area (Å²) in [7, 11) is 1.50. The first kappa shape index (κ1) is 12.3. The molecule has 2 aromatic rings. The van der Waals surface area contributed by atoms with Crippen LogP contribution in [0.3, 0.4) is 0 Å². The minimum absolute atomic E-state index is 0.145. The minimum Gasteiger partial charge on any atom is -0.495 e. The highest BCUT2D eigenvalue weighted by atomic mass is 35.5. The highest BCUT2D eigenvalue weighted by molar-refractivity contribution is 6.32. The fourth-order valence-corrected chi connectivity index (χ4v) is 1.65. The minimum atomic E-state index is -0.436. The monoisotopic (exact) mass is 267 g/mol. The third-order valence-electron chi connectivity index (χ3n) is 2.25. The lowest BCUT2D eigenvalue weighted by Crippen LogP contribution is -2.12. The maximum Gasteiger partial charge on any atom is 0.273 e. The molecule has 1 heterocycles. The number of anilines is 1. The molecule has 2 rings (SSSR count). The molecule has 0 bridgehead atoms. The van der Waals surface area contributed by atoms with Crippen molar-refractivity contribution in [1.29, 1.82) is 0 Å². The molecule has 0 atom stereocenters. The van der Waals surface area contributed by atoms with E-state index in [4.69, 9.17) is 16.3 Å². The summed E-state index contributed by atoms with van der Waals surface area (Å²) in [6.07, 6.45) is 0. The second-order valence-electron chi connectivity index (χ2n) is 3.48. The maximum absolute atomic E-state index is 11.7. The quantitative estimate of drug-likeness (QED) is 0.790. The van der Waals surface area contributed by atoms with Gasteiger partial charge in [0, 0.05) is 11.8 Å². The van der Waals surface area contributed by atoms with Gasteiger partial charge in [0.05, 0.1) is 12.1 Å². The molecule has 0 fully saturated rings. The normalized spacial score (nSPS) is 10.1. The molecule has 0 radical (unpaired) electrons. The molecule has 7 heteroatoms. The van der Waals surface area contributed by atoms with Crippen LogP contribution in [0.5, 0.6) is 5.75 Å². The molecule has 94 valence electrons. The third kappa shape index (κ3) is 2.54. The van der Waals surface area contributed by atoms with Crippen LogP contribution in [-0.4, -0.2) is 23.2 Å². The van der Waals surface area contributed by atoms with Gasteiger partial charge in [0.15, 0.2) is 0 Å². The Morgan fingerprint density at radius 1 is 1.33 bits per heavy atom. The first-order chi connectivity index (χ1) is 8.60. The summed E-state index contributed by atoms with van der Waals surface area (Å²) in [6, 6.07) is 6.01. The smallest absolute Gasteiger partial charge is 0.273 e. The van der Waals surface area contributed by atoms with Crippen LogP contribution >= 0.6 is 11.6 Å². The predicted octanol–water partition coefficient (Wildman–Crippen LogP) is 1.62. The molecular formula is C11H10ClN3O3. The molecule has 1 aromatic carbocycles. The largest absolute Gasteiger partial charge is 0.495 e. The molecule has 0 saturated carbocycles. The zero-order chi connectivity index (χ0) is 13.1. The average molecular weight is 268 g/mol. The molecule has 0 unspecified atom stereocenters. The number of H-pyrrole nitrogens is 2. The molecule has 0 spiro atoms. The number of methoxy groups -OCH3 is 1. The molecule has 0 aliphatic heterocycles. The Morgan fingerprint density at radius 2 is 2.11 bits per heavy atom. The van der Waals surface area contributed by atoms with Crippen molar-refractivity contribution >= 4 is 23.2 Å². The molecule has 0 aliphatic carbocycles. The van der Waals surface area contributed by atoms with Crippen LogP contribution in [0, 0.1) is 0 Å². The number of amides is 1. The van der Waals surface area contributed by atoms with Crippen molar-refractivity contribution in [3.05, 3.63) is 45.3 Å². The van der Waals surface area contributed by atoms with Gasteiger partial charge in [-0.15, -0.1) is 0 Å². The van der Waals surface area contributed by atoms with E-state index in [2.05, 4.69) is 15.5 Å². The standard InChI is InChI=1S/C11H10ClN3O3/c1-18-9-3-2-6(4-7(9)12)13-11(17)8-5-10(16)15-14-8/h2-5H,1H3,(H,13,17)(H2,14,15,16). The predicted molar refractivity (Wildman–Crippen MR) is 67.4 cm³/mol. The zero-order valence-electron chi connectivity index (χ0n) is 9.41. The number of carbonyl (C=O) groups excluding carboxylic acids is 1. The van der Waals surface area contributed by atoms with Gasteiger partial charge in [-0.2, -0.15) is 0 Å². The van der Waals surface area contributed by atoms with Crippen LogP contribution in [0.4, 0.5) is 5.69 Å². The lowest BCUT2D eigenvalue weighted by atomic mass is 10.3. The van der Waals surface area contributed by atoms with Crippen molar-refractivity contribution in [2.24, 2.45) is 0 Å². The van der Waals surface area contributed by atoms with Gasteiger partial charge >= 0.3 is 0 Å². The van der Waals surface area contributed by atoms with Crippen molar-refractivity contribution < 1.29 is 9.53 Å². The van der Waals surface area contributed by atoms with Gasteiger partial charge in [0.1, 0.15) is 11.4 Å². The van der Waals surface area contributed by atoms with Gasteiger partial charge in [-0.25, -0.2) is 0 Å². The lowest BCUT2D eigenvalue weighted by molar-refractivity contribution is 0.102. The molecule has 0 aliphatic rings. The van der Waals surface area contributed by atoms with E-state index in [1.54, 1.807) is 18.2 Å². The van der Waals surface area contributed by atoms with Crippen LogP contribution in [0.25, 0.3) is 0 Å². The van der Waals surface area contributed by atoms with Gasteiger partial charge in [-0.3, -0.25) is 19.8 Å². The second kappa shape index (κ2) is 4.97. The third-order valence-corrected chi connectivity index (χ3v) is 2.55. The number of benzene rings is 1. The Labute approximate surface area is 107 Å². The molecule has 3 N–H and O–H groups in total. The van der Waals surface area contributed by atoms with Gasteiger partial charge in [-0.1, -0.05) is 11.6 Å². The van der Waals surface area contributed by atoms with Gasteiger partial charge in [-0.05, 0) is 18.2 Å². The number of halogens is 1. The van der Waals surface area contributed by atoms with Crippen molar-refractivity contribution in [2.75, 3.05) is 12.4 Å². The number of ether oxygens (including phenoxy) is 1. The van der Waals surface area contributed by atoms with E-state index in [1.807, 2.05) is 0 Å². The summed E-state index contributed by atoms with van der Waals surface area (Å²) in [4.78, 5) is 22.6. The molecule has 18 heavy (non-hydrogen) atoms. The second-order valence-corrected chi connectivity index (χ2v) is 3.88. The van der Waals surface area contributed by atoms with E-state index in [9.17, 15) is 9.59 Å². The van der Waals surface area contributed by atoms with Gasteiger partial charge in [0.2, 0.25) is 0 Å². The Kier molecular flexibility index (Phi) is 3.38. The van der Waals surface area contributed by atoms with Crippen molar-refractivity contribution in [3.63, 3.8) is 0 Å². The van der Waals surface area contributed by atoms with Gasteiger partial charge in [0.25, 0.3) is 11.5 Å². The Morgan fingerprint density at radius 3 is 2.67 bits per heavy atom. The number of nitrogens with one attached hydrogen (secondary N) is 3. The van der Waals surface area contributed by atoms with Crippen molar-refractivity contribution in [3.8, 4) is 5.75 Å². The van der Waals surface area contributed by atoms with Crippen LogP contribution in [0.15, 0.2) is 29.1 Å². The Balaban J connectivity index is 2.17. The number of hydrogen-bond donors (Lipinski definition) is 3. The first-order valence-electron chi connectivity index (χ1n) is 5.02. The lowest BCUT2D eigenvalue weighted by Gasteiger charge is -2.06. The maximum atomic E-state index is 11.7. The number of aromatic nitrogens is 2. The molecule has 0 saturated heterocycles. The van der Waals surface area contributed by atoms with Gasteiger partial charge < -0.3 is 10.1 Å². The van der Waals surface area contributed by atoms with E-state index in [0.29, 0.717) is 16.5 Å². The van der Waals surface area contributed by atoms with Crippen molar-refractivity contribution in [2.45, 2.75) is 0 Å². The van der Waals surface area contributed by atoms with Crippen LogP contribution in [-0.2, 0) is 0 Å². The number of rotatable bonds is 3. The molecule has 6 nitrogen and oxygen atoms in total. The van der Waals surface area contributed by atoms with E-state index < -0.39 is 5.91 Å².